The van der Waals surface area contributed by atoms with Gasteiger partial charge in [0.05, 0.1) is 17.0 Å². The first kappa shape index (κ1) is 17.8. The van der Waals surface area contributed by atoms with E-state index < -0.39 is 0 Å². The summed E-state index contributed by atoms with van der Waals surface area (Å²) in [6.45, 7) is 1.24. The van der Waals surface area contributed by atoms with Gasteiger partial charge in [-0.3, -0.25) is 15.0 Å². The number of non-ortho nitro benzene ring substituents is 1. The minimum Gasteiger partial charge on any atom is -0.419 e. The number of halogens is 1. The van der Waals surface area contributed by atoms with Gasteiger partial charge in [-0.1, -0.05) is 24.3 Å². The Hall–Kier alpha value is -2.58. The average molecular weight is 429 g/mol. The van der Waals surface area contributed by atoms with Crippen LogP contribution in [0.25, 0.3) is 11.5 Å². The SMILES string of the molecule is O=[N+]([O-])c1ccc(CN(Cc2nnc(-c3ccccc3Br)o2)C2CC2)cc1. The summed E-state index contributed by atoms with van der Waals surface area (Å²) >= 11 is 3.50. The molecule has 1 aromatic heterocycles. The molecule has 0 bridgehead atoms. The lowest BCUT2D eigenvalue weighted by Crippen LogP contribution is -2.25. The normalized spacial score (nSPS) is 13.9. The lowest BCUT2D eigenvalue weighted by molar-refractivity contribution is -0.384. The van der Waals surface area contributed by atoms with Crippen molar-refractivity contribution in [2.45, 2.75) is 32.0 Å². The minimum absolute atomic E-state index is 0.103. The maximum Gasteiger partial charge on any atom is 0.269 e. The minimum atomic E-state index is -0.385. The van der Waals surface area contributed by atoms with Gasteiger partial charge in [0, 0.05) is 29.2 Å². The zero-order valence-corrected chi connectivity index (χ0v) is 16.0. The molecule has 1 aliphatic carbocycles. The number of benzene rings is 2. The Kier molecular flexibility index (Phi) is 5.00. The van der Waals surface area contributed by atoms with Gasteiger partial charge in [-0.05, 0) is 46.5 Å². The van der Waals surface area contributed by atoms with Crippen LogP contribution in [-0.4, -0.2) is 26.1 Å². The lowest BCUT2D eigenvalue weighted by Gasteiger charge is -2.19. The highest BCUT2D eigenvalue weighted by atomic mass is 79.9. The number of nitro groups is 1. The number of hydrogen-bond acceptors (Lipinski definition) is 6. The van der Waals surface area contributed by atoms with Crippen LogP contribution in [0.4, 0.5) is 5.69 Å². The molecule has 0 saturated heterocycles. The molecule has 1 saturated carbocycles. The van der Waals surface area contributed by atoms with E-state index in [9.17, 15) is 10.1 Å². The van der Waals surface area contributed by atoms with Gasteiger partial charge in [-0.25, -0.2) is 0 Å². The molecule has 4 rings (SSSR count). The quantitative estimate of drug-likeness (QED) is 0.404. The van der Waals surface area contributed by atoms with Crippen molar-refractivity contribution in [3.05, 3.63) is 74.6 Å². The Bertz CT molecular complexity index is 954. The van der Waals surface area contributed by atoms with Crippen LogP contribution in [0.3, 0.4) is 0 Å². The second-order valence-corrected chi connectivity index (χ2v) is 7.39. The van der Waals surface area contributed by atoms with E-state index in [0.29, 0.717) is 30.9 Å². The third-order valence-corrected chi connectivity index (χ3v) is 5.20. The van der Waals surface area contributed by atoms with Crippen LogP contribution in [0.15, 0.2) is 57.4 Å². The molecule has 0 unspecified atom stereocenters. The van der Waals surface area contributed by atoms with Crippen molar-refractivity contribution in [1.82, 2.24) is 15.1 Å². The predicted octanol–water partition coefficient (Wildman–Crippen LogP) is 4.57. The number of nitrogens with zero attached hydrogens (tertiary/aromatic N) is 4. The second kappa shape index (κ2) is 7.58. The van der Waals surface area contributed by atoms with E-state index in [2.05, 4.69) is 31.0 Å². The summed E-state index contributed by atoms with van der Waals surface area (Å²) in [6, 6.07) is 14.9. The molecule has 0 amide bonds. The number of rotatable bonds is 7. The highest BCUT2D eigenvalue weighted by Gasteiger charge is 2.30. The fraction of sp³-hybridized carbons (Fsp3) is 0.263. The number of nitro benzene ring substituents is 1. The maximum absolute atomic E-state index is 10.8. The van der Waals surface area contributed by atoms with Crippen molar-refractivity contribution in [3.8, 4) is 11.5 Å². The molecule has 7 nitrogen and oxygen atoms in total. The predicted molar refractivity (Wildman–Crippen MR) is 103 cm³/mol. The van der Waals surface area contributed by atoms with Crippen LogP contribution >= 0.6 is 15.9 Å². The summed E-state index contributed by atoms with van der Waals surface area (Å²) in [5, 5.41) is 19.2. The summed E-state index contributed by atoms with van der Waals surface area (Å²) < 4.78 is 6.77. The van der Waals surface area contributed by atoms with Crippen molar-refractivity contribution in [3.63, 3.8) is 0 Å². The van der Waals surface area contributed by atoms with Crippen LogP contribution in [-0.2, 0) is 13.1 Å². The van der Waals surface area contributed by atoms with Crippen molar-refractivity contribution < 1.29 is 9.34 Å². The standard InChI is InChI=1S/C19H17BrN4O3/c20-17-4-2-1-3-16(17)19-22-21-18(27-19)12-23(14-9-10-14)11-13-5-7-15(8-6-13)24(25)26/h1-8,14H,9-12H2. The topological polar surface area (TPSA) is 85.3 Å². The summed E-state index contributed by atoms with van der Waals surface area (Å²) in [7, 11) is 0. The molecule has 0 N–H and O–H groups in total. The van der Waals surface area contributed by atoms with Gasteiger partial charge in [0.25, 0.3) is 5.69 Å². The average Bonchev–Trinajstić information content (AvgIpc) is 3.42. The molecule has 138 valence electrons. The van der Waals surface area contributed by atoms with Gasteiger partial charge in [0.15, 0.2) is 0 Å². The summed E-state index contributed by atoms with van der Waals surface area (Å²) in [5.41, 5.74) is 1.99. The van der Waals surface area contributed by atoms with Crippen molar-refractivity contribution in [2.75, 3.05) is 0 Å². The molecule has 27 heavy (non-hydrogen) atoms. The molecule has 0 spiro atoms. The van der Waals surface area contributed by atoms with E-state index in [1.807, 2.05) is 24.3 Å². The Morgan fingerprint density at radius 2 is 1.85 bits per heavy atom. The van der Waals surface area contributed by atoms with Crippen LogP contribution in [0.1, 0.15) is 24.3 Å². The van der Waals surface area contributed by atoms with Gasteiger partial charge >= 0.3 is 0 Å². The van der Waals surface area contributed by atoms with Gasteiger partial charge in [0.2, 0.25) is 11.8 Å². The van der Waals surface area contributed by atoms with Crippen LogP contribution in [0.5, 0.6) is 0 Å². The monoisotopic (exact) mass is 428 g/mol. The van der Waals surface area contributed by atoms with Gasteiger partial charge in [0.1, 0.15) is 0 Å². The van der Waals surface area contributed by atoms with E-state index in [4.69, 9.17) is 4.42 Å². The molecule has 0 atom stereocenters. The second-order valence-electron chi connectivity index (χ2n) is 6.54. The molecule has 0 radical (unpaired) electrons. The zero-order chi connectivity index (χ0) is 18.8. The van der Waals surface area contributed by atoms with E-state index >= 15 is 0 Å². The summed E-state index contributed by atoms with van der Waals surface area (Å²) in [5.74, 6) is 1.05. The third-order valence-electron chi connectivity index (χ3n) is 4.51. The largest absolute Gasteiger partial charge is 0.419 e. The highest BCUT2D eigenvalue weighted by molar-refractivity contribution is 9.10. The fourth-order valence-electron chi connectivity index (χ4n) is 2.95. The molecule has 1 aliphatic rings. The molecule has 3 aromatic rings. The molecular formula is C19H17BrN4O3. The van der Waals surface area contributed by atoms with Gasteiger partial charge in [-0.2, -0.15) is 0 Å². The maximum atomic E-state index is 10.8. The van der Waals surface area contributed by atoms with E-state index in [1.165, 1.54) is 12.1 Å². The molecule has 2 aromatic carbocycles. The van der Waals surface area contributed by atoms with E-state index in [-0.39, 0.29) is 10.6 Å². The van der Waals surface area contributed by atoms with E-state index in [0.717, 1.165) is 28.4 Å². The van der Waals surface area contributed by atoms with Crippen LogP contribution < -0.4 is 0 Å². The molecular weight excluding hydrogens is 412 g/mol. The Balaban J connectivity index is 1.48. The van der Waals surface area contributed by atoms with Crippen LogP contribution in [0, 0.1) is 10.1 Å². The smallest absolute Gasteiger partial charge is 0.269 e. The Morgan fingerprint density at radius 1 is 1.11 bits per heavy atom. The number of hydrogen-bond donors (Lipinski definition) is 0. The molecule has 8 heteroatoms. The van der Waals surface area contributed by atoms with Crippen molar-refractivity contribution >= 4 is 21.6 Å². The first-order valence-electron chi connectivity index (χ1n) is 8.65. The summed E-state index contributed by atoms with van der Waals surface area (Å²) in [6.07, 6.45) is 2.27. The van der Waals surface area contributed by atoms with Crippen molar-refractivity contribution in [2.24, 2.45) is 0 Å². The molecule has 1 heterocycles. The highest BCUT2D eigenvalue weighted by Crippen LogP contribution is 2.31. The van der Waals surface area contributed by atoms with Crippen LogP contribution in [0.2, 0.25) is 0 Å². The van der Waals surface area contributed by atoms with Gasteiger partial charge < -0.3 is 4.42 Å². The summed E-state index contributed by atoms with van der Waals surface area (Å²) in [4.78, 5) is 12.7. The van der Waals surface area contributed by atoms with E-state index in [1.54, 1.807) is 12.1 Å². The number of aromatic nitrogens is 2. The first-order chi connectivity index (χ1) is 13.1. The Morgan fingerprint density at radius 3 is 2.52 bits per heavy atom. The third kappa shape index (κ3) is 4.23. The van der Waals surface area contributed by atoms with Gasteiger partial charge in [-0.15, -0.1) is 10.2 Å². The van der Waals surface area contributed by atoms with Crippen molar-refractivity contribution in [1.29, 1.82) is 0 Å². The molecule has 0 aliphatic heterocycles. The first-order valence-corrected chi connectivity index (χ1v) is 9.44. The Labute approximate surface area is 164 Å². The fourth-order valence-corrected chi connectivity index (χ4v) is 3.40. The lowest BCUT2D eigenvalue weighted by atomic mass is 10.2. The zero-order valence-electron chi connectivity index (χ0n) is 14.4. The molecule has 1 fully saturated rings.